The summed E-state index contributed by atoms with van der Waals surface area (Å²) in [6, 6.07) is 0. The van der Waals surface area contributed by atoms with Crippen molar-refractivity contribution in [3.63, 3.8) is 0 Å². The Morgan fingerprint density at radius 3 is 2.29 bits per heavy atom. The molecule has 89 valence electrons. The molecular formula is C8H19O2PRhS2. The Hall–Kier alpha value is 1.54. The van der Waals surface area contributed by atoms with Crippen LogP contribution in [0.15, 0.2) is 0 Å². The molecule has 0 amide bonds. The standard InChI is InChI=1S/C8H19O2PS2.Rh/c1-3-5-6-8(4-2)7-13-11(9,10)12;/h8H,3-7H2,1-2H3,(H2,9,10,12);. The second-order valence-corrected chi connectivity index (χ2v) is 9.30. The summed E-state index contributed by atoms with van der Waals surface area (Å²) in [5, 5.41) is 0. The number of rotatable bonds is 7. The maximum atomic E-state index is 9.03. The third-order valence-electron chi connectivity index (χ3n) is 2.02. The Kier molecular flexibility index (Phi) is 12.5. The third kappa shape index (κ3) is 11.6. The molecule has 0 saturated heterocycles. The molecule has 0 aliphatic carbocycles. The first kappa shape index (κ1) is 17.9. The van der Waals surface area contributed by atoms with Crippen molar-refractivity contribution in [3.05, 3.63) is 0 Å². The number of hydrogen-bond donors (Lipinski definition) is 2. The van der Waals surface area contributed by atoms with Gasteiger partial charge in [0.15, 0.2) is 0 Å². The van der Waals surface area contributed by atoms with E-state index in [2.05, 4.69) is 25.7 Å². The van der Waals surface area contributed by atoms with E-state index in [0.29, 0.717) is 5.92 Å². The van der Waals surface area contributed by atoms with E-state index in [9.17, 15) is 0 Å². The first-order valence-electron chi connectivity index (χ1n) is 4.69. The Morgan fingerprint density at radius 2 is 1.93 bits per heavy atom. The quantitative estimate of drug-likeness (QED) is 0.549. The van der Waals surface area contributed by atoms with E-state index in [1.807, 2.05) is 0 Å². The summed E-state index contributed by atoms with van der Waals surface area (Å²) in [7, 11) is 0. The van der Waals surface area contributed by atoms with Crippen LogP contribution in [0.25, 0.3) is 0 Å². The molecule has 0 saturated carbocycles. The summed E-state index contributed by atoms with van der Waals surface area (Å²) in [6.07, 6.45) is 4.70. The smallest absolute Gasteiger partial charge is 0.242 e. The van der Waals surface area contributed by atoms with Gasteiger partial charge < -0.3 is 9.79 Å². The van der Waals surface area contributed by atoms with Gasteiger partial charge in [-0.25, -0.2) is 0 Å². The second kappa shape index (κ2) is 9.75. The van der Waals surface area contributed by atoms with E-state index in [-0.39, 0.29) is 19.5 Å². The van der Waals surface area contributed by atoms with E-state index in [4.69, 9.17) is 9.79 Å². The molecule has 1 unspecified atom stereocenters. The maximum absolute atomic E-state index is 9.03. The minimum atomic E-state index is -3.01. The Bertz CT molecular complexity index is 175. The van der Waals surface area contributed by atoms with E-state index < -0.39 is 5.69 Å². The molecule has 0 aliphatic rings. The van der Waals surface area contributed by atoms with Crippen molar-refractivity contribution in [2.24, 2.45) is 5.92 Å². The van der Waals surface area contributed by atoms with Crippen LogP contribution in [0.4, 0.5) is 0 Å². The van der Waals surface area contributed by atoms with E-state index >= 15 is 0 Å². The first-order valence-corrected chi connectivity index (χ1v) is 8.99. The molecule has 1 atom stereocenters. The number of hydrogen-bond acceptors (Lipinski definition) is 2. The summed E-state index contributed by atoms with van der Waals surface area (Å²) in [5.74, 6) is 1.38. The van der Waals surface area contributed by atoms with Crippen LogP contribution >= 0.6 is 17.1 Å². The molecule has 1 radical (unpaired) electrons. The average molecular weight is 345 g/mol. The second-order valence-electron chi connectivity index (χ2n) is 3.20. The van der Waals surface area contributed by atoms with Crippen molar-refractivity contribution in [2.45, 2.75) is 39.5 Å². The molecule has 6 heteroatoms. The predicted octanol–water partition coefficient (Wildman–Crippen LogP) is 3.14. The Morgan fingerprint density at radius 1 is 1.36 bits per heavy atom. The van der Waals surface area contributed by atoms with Crippen LogP contribution in [0, 0.1) is 5.92 Å². The van der Waals surface area contributed by atoms with Gasteiger partial charge >= 0.3 is 0 Å². The summed E-state index contributed by atoms with van der Waals surface area (Å²) in [6.45, 7) is 4.31. The van der Waals surface area contributed by atoms with E-state index in [0.717, 1.165) is 23.6 Å². The van der Waals surface area contributed by atoms with Crippen LogP contribution in [-0.4, -0.2) is 15.5 Å². The van der Waals surface area contributed by atoms with Crippen molar-refractivity contribution in [1.82, 2.24) is 0 Å². The Balaban J connectivity index is 0. The maximum Gasteiger partial charge on any atom is 0.242 e. The average Bonchev–Trinajstić information content (AvgIpc) is 2.03. The molecule has 0 aromatic carbocycles. The molecule has 0 heterocycles. The fraction of sp³-hybridized carbons (Fsp3) is 1.00. The SMILES string of the molecule is CCCCC(CC)CSP(O)(O)=S.[Rh]. The van der Waals surface area contributed by atoms with Gasteiger partial charge in [-0.15, -0.1) is 0 Å². The van der Waals surface area contributed by atoms with Crippen LogP contribution < -0.4 is 0 Å². The molecule has 2 N–H and O–H groups in total. The zero-order chi connectivity index (χ0) is 10.3. The monoisotopic (exact) mass is 345 g/mol. The summed E-state index contributed by atoms with van der Waals surface area (Å²) in [4.78, 5) is 18.1. The third-order valence-corrected chi connectivity index (χ3v) is 5.38. The van der Waals surface area contributed by atoms with Gasteiger partial charge in [-0.05, 0) is 24.1 Å². The van der Waals surface area contributed by atoms with Gasteiger partial charge in [-0.2, -0.15) is 0 Å². The van der Waals surface area contributed by atoms with Crippen LogP contribution in [0.1, 0.15) is 39.5 Å². The van der Waals surface area contributed by atoms with Crippen LogP contribution in [0.2, 0.25) is 0 Å². The van der Waals surface area contributed by atoms with Crippen molar-refractivity contribution in [3.8, 4) is 0 Å². The van der Waals surface area contributed by atoms with Gasteiger partial charge in [0.05, 0.1) is 0 Å². The van der Waals surface area contributed by atoms with Crippen molar-refractivity contribution in [2.75, 3.05) is 5.75 Å². The van der Waals surface area contributed by atoms with Crippen molar-refractivity contribution in [1.29, 1.82) is 0 Å². The Labute approximate surface area is 109 Å². The first-order chi connectivity index (χ1) is 5.99. The van der Waals surface area contributed by atoms with Gasteiger partial charge in [0.25, 0.3) is 0 Å². The van der Waals surface area contributed by atoms with Gasteiger partial charge in [0, 0.05) is 25.2 Å². The molecular weight excluding hydrogens is 326 g/mol. The van der Waals surface area contributed by atoms with Crippen LogP contribution in [0.5, 0.6) is 0 Å². The molecule has 0 bridgehead atoms. The summed E-state index contributed by atoms with van der Waals surface area (Å²) >= 11 is 5.70. The largest absolute Gasteiger partial charge is 0.338 e. The van der Waals surface area contributed by atoms with Gasteiger partial charge in [0.1, 0.15) is 0 Å². The topological polar surface area (TPSA) is 40.5 Å². The zero-order valence-corrected chi connectivity index (χ0v) is 12.8. The summed E-state index contributed by atoms with van der Waals surface area (Å²) in [5.41, 5.74) is -3.01. The van der Waals surface area contributed by atoms with Crippen molar-refractivity contribution < 1.29 is 29.3 Å². The summed E-state index contributed by atoms with van der Waals surface area (Å²) < 4.78 is 0. The van der Waals surface area contributed by atoms with Crippen LogP contribution in [0.3, 0.4) is 0 Å². The molecule has 0 fully saturated rings. The molecule has 0 spiro atoms. The predicted molar refractivity (Wildman–Crippen MR) is 64.5 cm³/mol. The molecule has 0 aromatic heterocycles. The molecule has 2 nitrogen and oxygen atoms in total. The van der Waals surface area contributed by atoms with Gasteiger partial charge in [-0.1, -0.05) is 44.5 Å². The fourth-order valence-corrected chi connectivity index (χ4v) is 3.67. The molecule has 0 aromatic rings. The minimum Gasteiger partial charge on any atom is -0.338 e. The molecule has 0 aliphatic heterocycles. The zero-order valence-electron chi connectivity index (χ0n) is 8.60. The van der Waals surface area contributed by atoms with Gasteiger partial charge in [-0.3, -0.25) is 0 Å². The van der Waals surface area contributed by atoms with E-state index in [1.165, 1.54) is 19.3 Å². The van der Waals surface area contributed by atoms with Crippen LogP contribution in [-0.2, 0) is 31.3 Å². The fourth-order valence-electron chi connectivity index (χ4n) is 1.10. The number of unbranched alkanes of at least 4 members (excludes halogenated alkanes) is 1. The van der Waals surface area contributed by atoms with Gasteiger partial charge in [0.2, 0.25) is 5.69 Å². The normalized spacial score (nSPS) is 13.4. The minimum absolute atomic E-state index is 0. The molecule has 0 rings (SSSR count). The molecule has 14 heavy (non-hydrogen) atoms. The van der Waals surface area contributed by atoms with Crippen molar-refractivity contribution >= 4 is 28.9 Å². The van der Waals surface area contributed by atoms with E-state index in [1.54, 1.807) is 0 Å².